The summed E-state index contributed by atoms with van der Waals surface area (Å²) in [5.41, 5.74) is 2.86. The average molecular weight is 390 g/mol. The number of rotatable bonds is 11. The number of nitrogens with one attached hydrogen (secondary N) is 1. The van der Waals surface area contributed by atoms with Gasteiger partial charge in [-0.15, -0.1) is 0 Å². The van der Waals surface area contributed by atoms with Crippen LogP contribution in [-0.4, -0.2) is 51.1 Å². The minimum Gasteiger partial charge on any atom is -0.383 e. The Balaban J connectivity index is 2.25. The first kappa shape index (κ1) is 22.2. The van der Waals surface area contributed by atoms with E-state index >= 15 is 0 Å². The summed E-state index contributed by atoms with van der Waals surface area (Å²) in [5.74, 6) is 0.441. The van der Waals surface area contributed by atoms with E-state index in [1.54, 1.807) is 7.11 Å². The van der Waals surface area contributed by atoms with E-state index in [0.29, 0.717) is 19.7 Å². The van der Waals surface area contributed by atoms with Crippen LogP contribution in [0.2, 0.25) is 0 Å². The maximum atomic E-state index is 13.0. The quantitative estimate of drug-likeness (QED) is 0.629. The number of nitrogens with zero attached hydrogens (tertiary/aromatic N) is 2. The molecule has 0 saturated heterocycles. The van der Waals surface area contributed by atoms with Crippen molar-refractivity contribution in [1.29, 1.82) is 0 Å². The molecule has 156 valence electrons. The normalized spacial score (nSPS) is 13.5. The highest BCUT2D eigenvalue weighted by molar-refractivity contribution is 5.94. The highest BCUT2D eigenvalue weighted by Gasteiger charge is 2.29. The molecule has 2 amide bonds. The van der Waals surface area contributed by atoms with Gasteiger partial charge in [0.15, 0.2) is 0 Å². The van der Waals surface area contributed by atoms with Crippen LogP contribution in [0, 0.1) is 11.8 Å². The highest BCUT2D eigenvalue weighted by Crippen LogP contribution is 2.31. The first-order chi connectivity index (χ1) is 13.4. The topological polar surface area (TPSA) is 61.9 Å². The van der Waals surface area contributed by atoms with Crippen molar-refractivity contribution < 1.29 is 14.3 Å². The largest absolute Gasteiger partial charge is 0.383 e. The molecule has 1 fully saturated rings. The van der Waals surface area contributed by atoms with Crippen molar-refractivity contribution >= 4 is 23.2 Å². The van der Waals surface area contributed by atoms with E-state index in [-0.39, 0.29) is 23.7 Å². The second-order valence-electron chi connectivity index (χ2n) is 7.77. The second-order valence-corrected chi connectivity index (χ2v) is 7.77. The fourth-order valence-electron chi connectivity index (χ4n) is 3.39. The van der Waals surface area contributed by atoms with Gasteiger partial charge in [-0.25, -0.2) is 0 Å². The van der Waals surface area contributed by atoms with Gasteiger partial charge in [0.2, 0.25) is 11.8 Å². The summed E-state index contributed by atoms with van der Waals surface area (Å²) in [6.07, 6.45) is 3.61. The summed E-state index contributed by atoms with van der Waals surface area (Å²) in [6.45, 7) is 5.66. The lowest BCUT2D eigenvalue weighted by Crippen LogP contribution is -2.38. The number of anilines is 2. The lowest BCUT2D eigenvalue weighted by molar-refractivity contribution is -0.137. The van der Waals surface area contributed by atoms with Gasteiger partial charge in [-0.3, -0.25) is 9.59 Å². The molecule has 0 heterocycles. The third-order valence-corrected chi connectivity index (χ3v) is 5.35. The summed E-state index contributed by atoms with van der Waals surface area (Å²) in [6, 6.07) is 5.94. The van der Waals surface area contributed by atoms with E-state index in [0.717, 1.165) is 42.6 Å². The summed E-state index contributed by atoms with van der Waals surface area (Å²) in [5, 5.41) is 3.02. The lowest BCUT2D eigenvalue weighted by Gasteiger charge is -2.28. The predicted molar refractivity (Wildman–Crippen MR) is 113 cm³/mol. The third kappa shape index (κ3) is 5.96. The van der Waals surface area contributed by atoms with Crippen molar-refractivity contribution in [1.82, 2.24) is 4.90 Å². The van der Waals surface area contributed by atoms with Gasteiger partial charge in [0.1, 0.15) is 0 Å². The number of benzene rings is 1. The fraction of sp³-hybridized carbons (Fsp3) is 0.636. The van der Waals surface area contributed by atoms with Crippen molar-refractivity contribution in [3.63, 3.8) is 0 Å². The van der Waals surface area contributed by atoms with E-state index in [1.165, 1.54) is 0 Å². The first-order valence-corrected chi connectivity index (χ1v) is 10.3. The molecule has 0 atom stereocenters. The van der Waals surface area contributed by atoms with Crippen LogP contribution in [0.5, 0.6) is 0 Å². The van der Waals surface area contributed by atoms with Crippen molar-refractivity contribution in [2.24, 2.45) is 11.8 Å². The van der Waals surface area contributed by atoms with Crippen molar-refractivity contribution in [3.05, 3.63) is 23.8 Å². The van der Waals surface area contributed by atoms with Crippen LogP contribution in [0.4, 0.5) is 11.4 Å². The molecular formula is C22H35N3O3. The third-order valence-electron chi connectivity index (χ3n) is 5.35. The molecule has 2 rings (SSSR count). The van der Waals surface area contributed by atoms with Crippen LogP contribution >= 0.6 is 0 Å². The van der Waals surface area contributed by atoms with Crippen LogP contribution in [0.15, 0.2) is 18.2 Å². The molecule has 0 aromatic heterocycles. The molecule has 1 aliphatic rings. The Hall–Kier alpha value is -2.08. The van der Waals surface area contributed by atoms with Gasteiger partial charge in [-0.1, -0.05) is 13.8 Å². The fourth-order valence-corrected chi connectivity index (χ4v) is 3.39. The van der Waals surface area contributed by atoms with Gasteiger partial charge >= 0.3 is 0 Å². The molecule has 0 radical (unpaired) electrons. The molecule has 1 aromatic rings. The Morgan fingerprint density at radius 2 is 1.89 bits per heavy atom. The molecule has 0 unspecified atom stereocenters. The van der Waals surface area contributed by atoms with E-state index in [2.05, 4.69) is 19.2 Å². The van der Waals surface area contributed by atoms with Crippen LogP contribution < -0.4 is 10.2 Å². The Morgan fingerprint density at radius 1 is 1.21 bits per heavy atom. The smallest absolute Gasteiger partial charge is 0.227 e. The maximum absolute atomic E-state index is 13.0. The van der Waals surface area contributed by atoms with E-state index < -0.39 is 0 Å². The summed E-state index contributed by atoms with van der Waals surface area (Å²) in [7, 11) is 5.63. The number of hydrogen-bond acceptors (Lipinski definition) is 4. The van der Waals surface area contributed by atoms with Crippen molar-refractivity contribution in [2.75, 3.05) is 44.6 Å². The molecular weight excluding hydrogens is 354 g/mol. The van der Waals surface area contributed by atoms with Gasteiger partial charge < -0.3 is 19.9 Å². The van der Waals surface area contributed by atoms with Crippen LogP contribution in [0.25, 0.3) is 0 Å². The maximum Gasteiger partial charge on any atom is 0.227 e. The molecule has 0 spiro atoms. The van der Waals surface area contributed by atoms with Crippen LogP contribution in [0.3, 0.4) is 0 Å². The SMILES string of the molecule is CCC(CC)C(=O)N(CCOC)Cc1cc(NC(=O)C2CC2)ccc1N(C)C. The van der Waals surface area contributed by atoms with E-state index in [1.807, 2.05) is 42.1 Å². The zero-order valence-electron chi connectivity index (χ0n) is 18.0. The first-order valence-electron chi connectivity index (χ1n) is 10.3. The monoisotopic (exact) mass is 389 g/mol. The number of carbonyl (C=O) groups is 2. The lowest BCUT2D eigenvalue weighted by atomic mass is 10.0. The molecule has 1 aromatic carbocycles. The molecule has 0 bridgehead atoms. The zero-order valence-corrected chi connectivity index (χ0v) is 18.0. The minimum atomic E-state index is 0.0254. The molecule has 1 aliphatic carbocycles. The predicted octanol–water partition coefficient (Wildman–Crippen LogP) is 3.51. The van der Waals surface area contributed by atoms with Gasteiger partial charge in [-0.2, -0.15) is 0 Å². The van der Waals surface area contributed by atoms with Crippen molar-refractivity contribution in [2.45, 2.75) is 46.1 Å². The number of methoxy groups -OCH3 is 1. The van der Waals surface area contributed by atoms with Crippen molar-refractivity contribution in [3.8, 4) is 0 Å². The standard InChI is InChI=1S/C22H35N3O3/c1-6-16(7-2)22(27)25(12-13-28-5)15-18-14-19(10-11-20(18)24(3)4)23-21(26)17-8-9-17/h10-11,14,16-17H,6-9,12-13,15H2,1-5H3,(H,23,26). The van der Waals surface area contributed by atoms with Crippen LogP contribution in [-0.2, 0) is 20.9 Å². The Labute approximate surface area is 169 Å². The van der Waals surface area contributed by atoms with E-state index in [9.17, 15) is 9.59 Å². The Bertz CT molecular complexity index is 667. The summed E-state index contributed by atoms with van der Waals surface area (Å²) >= 11 is 0. The van der Waals surface area contributed by atoms with Gasteiger partial charge in [-0.05, 0) is 49.4 Å². The number of hydrogen-bond donors (Lipinski definition) is 1. The minimum absolute atomic E-state index is 0.0254. The van der Waals surface area contributed by atoms with Gasteiger partial charge in [0.05, 0.1) is 6.61 Å². The number of ether oxygens (including phenoxy) is 1. The number of carbonyl (C=O) groups excluding carboxylic acids is 2. The Kier molecular flexibility index (Phi) is 8.30. The molecule has 28 heavy (non-hydrogen) atoms. The molecule has 6 nitrogen and oxygen atoms in total. The summed E-state index contributed by atoms with van der Waals surface area (Å²) < 4.78 is 5.23. The molecule has 1 saturated carbocycles. The molecule has 1 N–H and O–H groups in total. The van der Waals surface area contributed by atoms with Gasteiger partial charge in [0, 0.05) is 57.5 Å². The summed E-state index contributed by atoms with van der Waals surface area (Å²) in [4.78, 5) is 29.1. The van der Waals surface area contributed by atoms with Crippen LogP contribution in [0.1, 0.15) is 45.1 Å². The van der Waals surface area contributed by atoms with Gasteiger partial charge in [0.25, 0.3) is 0 Å². The molecule has 0 aliphatic heterocycles. The second kappa shape index (κ2) is 10.5. The Morgan fingerprint density at radius 3 is 2.43 bits per heavy atom. The zero-order chi connectivity index (χ0) is 20.7. The number of amides is 2. The highest BCUT2D eigenvalue weighted by atomic mass is 16.5. The molecule has 6 heteroatoms. The average Bonchev–Trinajstić information content (AvgIpc) is 3.51. The van der Waals surface area contributed by atoms with E-state index in [4.69, 9.17) is 4.74 Å².